The van der Waals surface area contributed by atoms with Gasteiger partial charge in [-0.3, -0.25) is 0 Å². The first-order chi connectivity index (χ1) is 7.25. The first-order valence-electron chi connectivity index (χ1n) is 4.79. The molecule has 1 N–H and O–H groups in total. The zero-order valence-corrected chi connectivity index (χ0v) is 10.9. The summed E-state index contributed by atoms with van der Waals surface area (Å²) in [4.78, 5) is 1.35. The molecular weight excluding hydrogens is 270 g/mol. The maximum atomic E-state index is 3.53. The van der Waals surface area contributed by atoms with E-state index in [-0.39, 0.29) is 0 Å². The number of halogens is 1. The first-order valence-corrected chi connectivity index (χ1v) is 6.40. The van der Waals surface area contributed by atoms with Crippen LogP contribution >= 0.6 is 27.3 Å². The smallest absolute Gasteiger partial charge is 0.0731 e. The lowest BCUT2D eigenvalue weighted by Gasteiger charge is -2.03. The van der Waals surface area contributed by atoms with Crippen LogP contribution in [0.3, 0.4) is 0 Å². The molecule has 0 atom stereocenters. The van der Waals surface area contributed by atoms with Gasteiger partial charge in [0.15, 0.2) is 0 Å². The average Bonchev–Trinajstić information content (AvgIpc) is 2.57. The zero-order valence-electron chi connectivity index (χ0n) is 8.46. The maximum absolute atomic E-state index is 3.53. The SMILES string of the molecule is Cc1cc(CNc2ccccc2)sc1Br. The summed E-state index contributed by atoms with van der Waals surface area (Å²) in [6.07, 6.45) is 0. The predicted molar refractivity (Wildman–Crippen MR) is 70.5 cm³/mol. The fourth-order valence-electron chi connectivity index (χ4n) is 1.36. The minimum atomic E-state index is 0.890. The number of anilines is 1. The molecule has 0 fully saturated rings. The van der Waals surface area contributed by atoms with Crippen molar-refractivity contribution in [3.8, 4) is 0 Å². The lowest BCUT2D eigenvalue weighted by molar-refractivity contribution is 1.19. The molecule has 0 saturated heterocycles. The summed E-state index contributed by atoms with van der Waals surface area (Å²) in [5.41, 5.74) is 2.48. The number of nitrogens with one attached hydrogen (secondary N) is 1. The van der Waals surface area contributed by atoms with Gasteiger partial charge in [0, 0.05) is 17.1 Å². The molecule has 0 bridgehead atoms. The standard InChI is InChI=1S/C12H12BrNS/c1-9-7-11(15-12(9)13)8-14-10-5-3-2-4-6-10/h2-7,14H,8H2,1H3. The second kappa shape index (κ2) is 4.81. The summed E-state index contributed by atoms with van der Waals surface area (Å²) in [5, 5.41) is 3.39. The molecule has 1 aromatic carbocycles. The van der Waals surface area contributed by atoms with Crippen molar-refractivity contribution in [3.05, 3.63) is 50.6 Å². The predicted octanol–water partition coefficient (Wildman–Crippen LogP) is 4.43. The van der Waals surface area contributed by atoms with E-state index in [9.17, 15) is 0 Å². The van der Waals surface area contributed by atoms with E-state index >= 15 is 0 Å². The second-order valence-corrected chi connectivity index (χ2v) is 5.84. The molecule has 15 heavy (non-hydrogen) atoms. The molecule has 1 heterocycles. The Balaban J connectivity index is 1.99. The normalized spacial score (nSPS) is 10.3. The highest BCUT2D eigenvalue weighted by Crippen LogP contribution is 2.27. The Morgan fingerprint density at radius 3 is 2.60 bits per heavy atom. The van der Waals surface area contributed by atoms with Crippen LogP contribution in [-0.4, -0.2) is 0 Å². The van der Waals surface area contributed by atoms with Gasteiger partial charge in [0.2, 0.25) is 0 Å². The second-order valence-electron chi connectivity index (χ2n) is 3.39. The Morgan fingerprint density at radius 2 is 2.00 bits per heavy atom. The number of rotatable bonds is 3. The van der Waals surface area contributed by atoms with Gasteiger partial charge < -0.3 is 5.32 Å². The van der Waals surface area contributed by atoms with E-state index in [4.69, 9.17) is 0 Å². The molecule has 0 aliphatic heterocycles. The van der Waals surface area contributed by atoms with Gasteiger partial charge in [-0.2, -0.15) is 0 Å². The van der Waals surface area contributed by atoms with Crippen molar-refractivity contribution in [3.63, 3.8) is 0 Å². The summed E-state index contributed by atoms with van der Waals surface area (Å²) in [6, 6.07) is 12.5. The van der Waals surface area contributed by atoms with Crippen molar-refractivity contribution in [2.24, 2.45) is 0 Å². The molecule has 0 radical (unpaired) electrons. The van der Waals surface area contributed by atoms with Gasteiger partial charge in [0.1, 0.15) is 0 Å². The largest absolute Gasteiger partial charge is 0.380 e. The Labute approximate surface area is 102 Å². The van der Waals surface area contributed by atoms with Gasteiger partial charge in [-0.1, -0.05) is 18.2 Å². The lowest BCUT2D eigenvalue weighted by Crippen LogP contribution is -1.96. The molecule has 0 amide bonds. The summed E-state index contributed by atoms with van der Waals surface area (Å²) in [7, 11) is 0. The van der Waals surface area contributed by atoms with Crippen molar-refractivity contribution in [1.82, 2.24) is 0 Å². The van der Waals surface area contributed by atoms with E-state index < -0.39 is 0 Å². The zero-order chi connectivity index (χ0) is 10.7. The van der Waals surface area contributed by atoms with E-state index in [2.05, 4.69) is 46.4 Å². The van der Waals surface area contributed by atoms with Crippen LogP contribution in [0.1, 0.15) is 10.4 Å². The van der Waals surface area contributed by atoms with Crippen LogP contribution in [0, 0.1) is 6.92 Å². The van der Waals surface area contributed by atoms with Gasteiger partial charge in [0.25, 0.3) is 0 Å². The Hall–Kier alpha value is -0.800. The Bertz CT molecular complexity index is 417. The molecule has 2 aromatic rings. The fourth-order valence-corrected chi connectivity index (χ4v) is 2.92. The molecule has 78 valence electrons. The topological polar surface area (TPSA) is 12.0 Å². The maximum Gasteiger partial charge on any atom is 0.0731 e. The molecule has 1 nitrogen and oxygen atoms in total. The minimum Gasteiger partial charge on any atom is -0.380 e. The molecule has 0 aliphatic carbocycles. The van der Waals surface area contributed by atoms with Crippen molar-refractivity contribution >= 4 is 33.0 Å². The highest BCUT2D eigenvalue weighted by molar-refractivity contribution is 9.11. The summed E-state index contributed by atoms with van der Waals surface area (Å²) in [5.74, 6) is 0. The van der Waals surface area contributed by atoms with Crippen LogP contribution in [0.4, 0.5) is 5.69 Å². The minimum absolute atomic E-state index is 0.890. The molecule has 1 aromatic heterocycles. The highest BCUT2D eigenvalue weighted by atomic mass is 79.9. The Morgan fingerprint density at radius 1 is 1.27 bits per heavy atom. The quantitative estimate of drug-likeness (QED) is 0.878. The number of hydrogen-bond acceptors (Lipinski definition) is 2. The van der Waals surface area contributed by atoms with Crippen LogP contribution in [0.5, 0.6) is 0 Å². The molecule has 2 rings (SSSR count). The summed E-state index contributed by atoms with van der Waals surface area (Å²) >= 11 is 5.32. The van der Waals surface area contributed by atoms with Crippen LogP contribution in [-0.2, 0) is 6.54 Å². The first kappa shape index (κ1) is 10.7. The van der Waals surface area contributed by atoms with Crippen molar-refractivity contribution in [2.75, 3.05) is 5.32 Å². The van der Waals surface area contributed by atoms with E-state index in [1.807, 2.05) is 18.2 Å². The van der Waals surface area contributed by atoms with E-state index in [0.29, 0.717) is 0 Å². The van der Waals surface area contributed by atoms with Crippen LogP contribution in [0.25, 0.3) is 0 Å². The molecule has 0 aliphatic rings. The average molecular weight is 282 g/mol. The van der Waals surface area contributed by atoms with Crippen molar-refractivity contribution in [1.29, 1.82) is 0 Å². The van der Waals surface area contributed by atoms with Gasteiger partial charge >= 0.3 is 0 Å². The molecule has 0 saturated carbocycles. The molecule has 0 unspecified atom stereocenters. The Kier molecular flexibility index (Phi) is 3.44. The van der Waals surface area contributed by atoms with Crippen LogP contribution < -0.4 is 5.32 Å². The third kappa shape index (κ3) is 2.83. The summed E-state index contributed by atoms with van der Waals surface area (Å²) < 4.78 is 1.23. The van der Waals surface area contributed by atoms with E-state index in [1.165, 1.54) is 19.9 Å². The molecule has 3 heteroatoms. The van der Waals surface area contributed by atoms with Gasteiger partial charge in [-0.15, -0.1) is 11.3 Å². The van der Waals surface area contributed by atoms with Crippen LogP contribution in [0.15, 0.2) is 40.2 Å². The van der Waals surface area contributed by atoms with Crippen molar-refractivity contribution in [2.45, 2.75) is 13.5 Å². The third-order valence-corrected chi connectivity index (χ3v) is 4.29. The lowest BCUT2D eigenvalue weighted by atomic mass is 10.3. The molecular formula is C12H12BrNS. The van der Waals surface area contributed by atoms with Crippen molar-refractivity contribution < 1.29 is 0 Å². The fraction of sp³-hybridized carbons (Fsp3) is 0.167. The number of aryl methyl sites for hydroxylation is 1. The number of para-hydroxylation sites is 1. The van der Waals surface area contributed by atoms with E-state index in [0.717, 1.165) is 6.54 Å². The summed E-state index contributed by atoms with van der Waals surface area (Å²) in [6.45, 7) is 3.01. The highest BCUT2D eigenvalue weighted by Gasteiger charge is 2.01. The monoisotopic (exact) mass is 281 g/mol. The van der Waals surface area contributed by atoms with E-state index in [1.54, 1.807) is 11.3 Å². The van der Waals surface area contributed by atoms with Gasteiger partial charge in [-0.25, -0.2) is 0 Å². The number of benzene rings is 1. The third-order valence-electron chi connectivity index (χ3n) is 2.15. The number of hydrogen-bond donors (Lipinski definition) is 1. The number of thiophene rings is 1. The molecule has 0 spiro atoms. The van der Waals surface area contributed by atoms with Crippen LogP contribution in [0.2, 0.25) is 0 Å². The van der Waals surface area contributed by atoms with Gasteiger partial charge in [-0.05, 0) is 46.6 Å². The van der Waals surface area contributed by atoms with Gasteiger partial charge in [0.05, 0.1) is 3.79 Å².